The van der Waals surface area contributed by atoms with Crippen LogP contribution in [-0.4, -0.2) is 36.1 Å². The van der Waals surface area contributed by atoms with E-state index in [1.165, 1.54) is 6.33 Å². The number of rotatable bonds is 5. The standard InChI is InChI=1S/C14H21F2N3O/c1-17-12(10-3-5-14(15,16)6-4-10)7-11-8-13(20-2)19-9-18-11/h8-10,12,17H,3-7H2,1-2H3. The Morgan fingerprint density at radius 1 is 1.40 bits per heavy atom. The second-order valence-corrected chi connectivity index (χ2v) is 5.34. The molecule has 1 aromatic rings. The van der Waals surface area contributed by atoms with Gasteiger partial charge in [-0.05, 0) is 25.8 Å². The molecule has 1 N–H and O–H groups in total. The molecule has 6 heteroatoms. The van der Waals surface area contributed by atoms with Crippen LogP contribution in [0.15, 0.2) is 12.4 Å². The van der Waals surface area contributed by atoms with Crippen molar-refractivity contribution >= 4 is 0 Å². The topological polar surface area (TPSA) is 47.0 Å². The summed E-state index contributed by atoms with van der Waals surface area (Å²) >= 11 is 0. The molecular weight excluding hydrogens is 264 g/mol. The third kappa shape index (κ3) is 3.85. The third-order valence-electron chi connectivity index (χ3n) is 4.04. The Balaban J connectivity index is 1.98. The summed E-state index contributed by atoms with van der Waals surface area (Å²) in [6.07, 6.45) is 3.26. The zero-order valence-electron chi connectivity index (χ0n) is 11.9. The van der Waals surface area contributed by atoms with E-state index in [0.29, 0.717) is 25.1 Å². The lowest BCUT2D eigenvalue weighted by Gasteiger charge is -2.33. The first-order chi connectivity index (χ1) is 9.54. The van der Waals surface area contributed by atoms with Crippen molar-refractivity contribution in [3.63, 3.8) is 0 Å². The maximum absolute atomic E-state index is 13.2. The molecule has 0 aromatic carbocycles. The quantitative estimate of drug-likeness (QED) is 0.902. The normalized spacial score (nSPS) is 20.6. The number of nitrogens with zero attached hydrogens (tertiary/aromatic N) is 2. The molecule has 1 saturated carbocycles. The number of methoxy groups -OCH3 is 1. The van der Waals surface area contributed by atoms with Crippen molar-refractivity contribution in [2.45, 2.75) is 44.1 Å². The third-order valence-corrected chi connectivity index (χ3v) is 4.04. The Hall–Kier alpha value is -1.30. The number of halogens is 2. The SMILES string of the molecule is CNC(Cc1cc(OC)ncn1)C1CCC(F)(F)CC1. The monoisotopic (exact) mass is 285 g/mol. The predicted molar refractivity (Wildman–Crippen MR) is 72.0 cm³/mol. The minimum atomic E-state index is -2.48. The molecule has 20 heavy (non-hydrogen) atoms. The Bertz CT molecular complexity index is 432. The molecule has 0 amide bonds. The smallest absolute Gasteiger partial charge is 0.248 e. The van der Waals surface area contributed by atoms with Gasteiger partial charge in [0.15, 0.2) is 0 Å². The molecule has 0 aliphatic heterocycles. The van der Waals surface area contributed by atoms with E-state index in [0.717, 1.165) is 5.69 Å². The largest absolute Gasteiger partial charge is 0.481 e. The fraction of sp³-hybridized carbons (Fsp3) is 0.714. The van der Waals surface area contributed by atoms with Crippen LogP contribution in [0.2, 0.25) is 0 Å². The maximum atomic E-state index is 13.2. The minimum absolute atomic E-state index is 0.0110. The molecule has 1 fully saturated rings. The van der Waals surface area contributed by atoms with E-state index >= 15 is 0 Å². The molecule has 4 nitrogen and oxygen atoms in total. The highest BCUT2D eigenvalue weighted by Gasteiger charge is 2.37. The number of likely N-dealkylation sites (N-methyl/N-ethyl adjacent to an activating group) is 1. The van der Waals surface area contributed by atoms with Crippen LogP contribution in [-0.2, 0) is 6.42 Å². The molecule has 1 aromatic heterocycles. The highest BCUT2D eigenvalue weighted by Crippen LogP contribution is 2.37. The first-order valence-electron chi connectivity index (χ1n) is 6.94. The maximum Gasteiger partial charge on any atom is 0.248 e. The molecule has 0 radical (unpaired) electrons. The van der Waals surface area contributed by atoms with Crippen LogP contribution in [0, 0.1) is 5.92 Å². The van der Waals surface area contributed by atoms with E-state index in [-0.39, 0.29) is 24.8 Å². The summed E-state index contributed by atoms with van der Waals surface area (Å²) in [6, 6.07) is 1.95. The zero-order valence-corrected chi connectivity index (χ0v) is 11.9. The Morgan fingerprint density at radius 2 is 2.10 bits per heavy atom. The number of hydrogen-bond acceptors (Lipinski definition) is 4. The van der Waals surface area contributed by atoms with Gasteiger partial charge in [-0.2, -0.15) is 0 Å². The molecule has 0 spiro atoms. The van der Waals surface area contributed by atoms with Crippen molar-refractivity contribution < 1.29 is 13.5 Å². The van der Waals surface area contributed by atoms with Crippen molar-refractivity contribution in [3.8, 4) is 5.88 Å². The van der Waals surface area contributed by atoms with E-state index in [9.17, 15) is 8.78 Å². The van der Waals surface area contributed by atoms with Crippen molar-refractivity contribution in [3.05, 3.63) is 18.1 Å². The summed E-state index contributed by atoms with van der Waals surface area (Å²) in [5.41, 5.74) is 0.869. The van der Waals surface area contributed by atoms with Gasteiger partial charge in [0.2, 0.25) is 11.8 Å². The summed E-state index contributed by atoms with van der Waals surface area (Å²) in [6.45, 7) is 0. The average Bonchev–Trinajstić information content (AvgIpc) is 2.45. The summed E-state index contributed by atoms with van der Waals surface area (Å²) in [7, 11) is 3.43. The van der Waals surface area contributed by atoms with Crippen molar-refractivity contribution in [1.82, 2.24) is 15.3 Å². The van der Waals surface area contributed by atoms with Crippen LogP contribution in [0.5, 0.6) is 5.88 Å². The molecule has 1 aliphatic rings. The van der Waals surface area contributed by atoms with Crippen LogP contribution in [0.4, 0.5) is 8.78 Å². The number of aromatic nitrogens is 2. The van der Waals surface area contributed by atoms with Gasteiger partial charge in [0.1, 0.15) is 6.33 Å². The molecular formula is C14H21F2N3O. The zero-order chi connectivity index (χ0) is 14.6. The molecule has 0 bridgehead atoms. The molecule has 1 unspecified atom stereocenters. The van der Waals surface area contributed by atoms with Crippen LogP contribution in [0.1, 0.15) is 31.4 Å². The second kappa shape index (κ2) is 6.43. The van der Waals surface area contributed by atoms with Gasteiger partial charge in [0, 0.05) is 37.1 Å². The van der Waals surface area contributed by atoms with Crippen molar-refractivity contribution in [2.75, 3.05) is 14.2 Å². The van der Waals surface area contributed by atoms with Gasteiger partial charge >= 0.3 is 0 Å². The summed E-state index contributed by atoms with van der Waals surface area (Å²) in [5, 5.41) is 3.24. The fourth-order valence-electron chi connectivity index (χ4n) is 2.79. The fourth-order valence-corrected chi connectivity index (χ4v) is 2.79. The molecule has 1 atom stereocenters. The molecule has 1 heterocycles. The van der Waals surface area contributed by atoms with Gasteiger partial charge in [-0.15, -0.1) is 0 Å². The summed E-state index contributed by atoms with van der Waals surface area (Å²) in [4.78, 5) is 8.19. The molecule has 2 rings (SSSR count). The Morgan fingerprint density at radius 3 is 2.70 bits per heavy atom. The lowest BCUT2D eigenvalue weighted by Crippen LogP contribution is -2.39. The predicted octanol–water partition coefficient (Wildman–Crippen LogP) is 2.44. The molecule has 112 valence electrons. The van der Waals surface area contributed by atoms with E-state index < -0.39 is 5.92 Å². The summed E-state index contributed by atoms with van der Waals surface area (Å²) < 4.78 is 31.5. The van der Waals surface area contributed by atoms with E-state index in [1.807, 2.05) is 7.05 Å². The lowest BCUT2D eigenvalue weighted by molar-refractivity contribution is -0.0493. The van der Waals surface area contributed by atoms with Gasteiger partial charge in [-0.25, -0.2) is 18.7 Å². The van der Waals surface area contributed by atoms with E-state index in [1.54, 1.807) is 13.2 Å². The van der Waals surface area contributed by atoms with Crippen LogP contribution in [0.3, 0.4) is 0 Å². The van der Waals surface area contributed by atoms with Crippen LogP contribution < -0.4 is 10.1 Å². The van der Waals surface area contributed by atoms with Crippen molar-refractivity contribution in [2.24, 2.45) is 5.92 Å². The van der Waals surface area contributed by atoms with Crippen LogP contribution >= 0.6 is 0 Å². The van der Waals surface area contributed by atoms with Gasteiger partial charge in [-0.1, -0.05) is 0 Å². The highest BCUT2D eigenvalue weighted by molar-refractivity contribution is 5.14. The average molecular weight is 285 g/mol. The number of hydrogen-bond donors (Lipinski definition) is 1. The van der Waals surface area contributed by atoms with Gasteiger partial charge in [-0.3, -0.25) is 0 Å². The van der Waals surface area contributed by atoms with E-state index in [4.69, 9.17) is 4.74 Å². The van der Waals surface area contributed by atoms with Gasteiger partial charge < -0.3 is 10.1 Å². The first-order valence-corrected chi connectivity index (χ1v) is 6.94. The summed E-state index contributed by atoms with van der Waals surface area (Å²) in [5.74, 6) is -1.69. The number of ether oxygens (including phenoxy) is 1. The molecule has 0 saturated heterocycles. The number of alkyl halides is 2. The van der Waals surface area contributed by atoms with Gasteiger partial charge in [0.25, 0.3) is 0 Å². The minimum Gasteiger partial charge on any atom is -0.481 e. The lowest BCUT2D eigenvalue weighted by atomic mass is 9.80. The highest BCUT2D eigenvalue weighted by atomic mass is 19.3. The Labute approximate surface area is 118 Å². The number of nitrogens with one attached hydrogen (secondary N) is 1. The Kier molecular flexibility index (Phi) is 4.86. The second-order valence-electron chi connectivity index (χ2n) is 5.34. The first kappa shape index (κ1) is 15.1. The molecule has 1 aliphatic carbocycles. The van der Waals surface area contributed by atoms with Crippen molar-refractivity contribution in [1.29, 1.82) is 0 Å². The van der Waals surface area contributed by atoms with Crippen LogP contribution in [0.25, 0.3) is 0 Å². The van der Waals surface area contributed by atoms with E-state index in [2.05, 4.69) is 15.3 Å². The van der Waals surface area contributed by atoms with Gasteiger partial charge in [0.05, 0.1) is 7.11 Å².